The van der Waals surface area contributed by atoms with Crippen molar-refractivity contribution in [3.05, 3.63) is 58.6 Å². The highest BCUT2D eigenvalue weighted by Gasteiger charge is 2.13. The van der Waals surface area contributed by atoms with Gasteiger partial charge in [-0.1, -0.05) is 48.0 Å². The van der Waals surface area contributed by atoms with Crippen LogP contribution in [-0.4, -0.2) is 7.11 Å². The van der Waals surface area contributed by atoms with Crippen LogP contribution in [0, 0.1) is 0 Å². The zero-order valence-corrected chi connectivity index (χ0v) is 12.0. The SMILES string of the molecule is COc1ccc(CCl)c(Cl)c1OCc1ccccc1. The molecule has 2 aromatic carbocycles. The number of hydrogen-bond acceptors (Lipinski definition) is 2. The highest BCUT2D eigenvalue weighted by atomic mass is 35.5. The molecule has 0 radical (unpaired) electrons. The Hall–Kier alpha value is -1.38. The van der Waals surface area contributed by atoms with Crippen LogP contribution in [0.4, 0.5) is 0 Å². The molecule has 0 saturated heterocycles. The van der Waals surface area contributed by atoms with Crippen LogP contribution in [0.5, 0.6) is 11.5 Å². The zero-order valence-electron chi connectivity index (χ0n) is 10.5. The predicted octanol–water partition coefficient (Wildman–Crippen LogP) is 4.67. The van der Waals surface area contributed by atoms with E-state index in [4.69, 9.17) is 32.7 Å². The maximum absolute atomic E-state index is 6.27. The highest BCUT2D eigenvalue weighted by Crippen LogP contribution is 2.38. The molecule has 0 aromatic heterocycles. The van der Waals surface area contributed by atoms with Crippen LogP contribution < -0.4 is 9.47 Å². The summed E-state index contributed by atoms with van der Waals surface area (Å²) >= 11 is 12.1. The summed E-state index contributed by atoms with van der Waals surface area (Å²) in [6.07, 6.45) is 0. The molecule has 0 amide bonds. The van der Waals surface area contributed by atoms with Gasteiger partial charge in [-0.05, 0) is 17.2 Å². The van der Waals surface area contributed by atoms with Crippen molar-refractivity contribution in [2.24, 2.45) is 0 Å². The Morgan fingerprint density at radius 1 is 1.05 bits per heavy atom. The molecular formula is C15H14Cl2O2. The van der Waals surface area contributed by atoms with Gasteiger partial charge in [-0.15, -0.1) is 11.6 Å². The largest absolute Gasteiger partial charge is 0.493 e. The molecule has 4 heteroatoms. The molecule has 19 heavy (non-hydrogen) atoms. The molecule has 0 N–H and O–H groups in total. The van der Waals surface area contributed by atoms with Crippen LogP contribution in [0.2, 0.25) is 5.02 Å². The minimum absolute atomic E-state index is 0.338. The van der Waals surface area contributed by atoms with Gasteiger partial charge in [0.05, 0.1) is 12.1 Å². The first-order valence-corrected chi connectivity index (χ1v) is 6.75. The van der Waals surface area contributed by atoms with Gasteiger partial charge in [0.2, 0.25) is 0 Å². The lowest BCUT2D eigenvalue weighted by Gasteiger charge is -2.14. The molecule has 0 aliphatic heterocycles. The summed E-state index contributed by atoms with van der Waals surface area (Å²) < 4.78 is 11.0. The Balaban J connectivity index is 2.23. The van der Waals surface area contributed by atoms with Crippen molar-refractivity contribution in [1.82, 2.24) is 0 Å². The monoisotopic (exact) mass is 296 g/mol. The molecule has 0 bridgehead atoms. The van der Waals surface area contributed by atoms with Gasteiger partial charge < -0.3 is 9.47 Å². The van der Waals surface area contributed by atoms with Gasteiger partial charge in [-0.25, -0.2) is 0 Å². The third kappa shape index (κ3) is 3.34. The van der Waals surface area contributed by atoms with Crippen molar-refractivity contribution in [2.45, 2.75) is 12.5 Å². The van der Waals surface area contributed by atoms with E-state index in [-0.39, 0.29) is 0 Å². The fourth-order valence-electron chi connectivity index (χ4n) is 1.71. The second-order valence-corrected chi connectivity index (χ2v) is 4.62. The summed E-state index contributed by atoms with van der Waals surface area (Å²) in [5.41, 5.74) is 1.89. The number of hydrogen-bond donors (Lipinski definition) is 0. The van der Waals surface area contributed by atoms with Crippen molar-refractivity contribution in [2.75, 3.05) is 7.11 Å². The Bertz CT molecular complexity index is 541. The molecule has 0 aliphatic rings. The minimum atomic E-state index is 0.338. The highest BCUT2D eigenvalue weighted by molar-refractivity contribution is 6.34. The number of alkyl halides is 1. The van der Waals surface area contributed by atoms with Crippen LogP contribution in [0.25, 0.3) is 0 Å². The van der Waals surface area contributed by atoms with E-state index in [0.717, 1.165) is 11.1 Å². The second kappa shape index (κ2) is 6.69. The summed E-state index contributed by atoms with van der Waals surface area (Å²) in [5, 5.41) is 0.505. The number of ether oxygens (including phenoxy) is 2. The van der Waals surface area contributed by atoms with Crippen molar-refractivity contribution in [3.8, 4) is 11.5 Å². The molecule has 0 spiro atoms. The van der Waals surface area contributed by atoms with E-state index >= 15 is 0 Å². The molecule has 2 aromatic rings. The van der Waals surface area contributed by atoms with Gasteiger partial charge in [0.25, 0.3) is 0 Å². The van der Waals surface area contributed by atoms with Gasteiger partial charge in [0.1, 0.15) is 6.61 Å². The quantitative estimate of drug-likeness (QED) is 0.747. The van der Waals surface area contributed by atoms with Gasteiger partial charge in [-0.2, -0.15) is 0 Å². The molecule has 0 saturated carbocycles. The van der Waals surface area contributed by atoms with Gasteiger partial charge in [-0.3, -0.25) is 0 Å². The van der Waals surface area contributed by atoms with E-state index in [9.17, 15) is 0 Å². The van der Waals surface area contributed by atoms with Crippen LogP contribution in [-0.2, 0) is 12.5 Å². The molecule has 0 aliphatic carbocycles. The molecule has 100 valence electrons. The zero-order chi connectivity index (χ0) is 13.7. The Morgan fingerprint density at radius 2 is 1.79 bits per heavy atom. The lowest BCUT2D eigenvalue weighted by atomic mass is 10.2. The first kappa shape index (κ1) is 14.0. The lowest BCUT2D eigenvalue weighted by Crippen LogP contribution is -1.99. The Morgan fingerprint density at radius 3 is 2.42 bits per heavy atom. The van der Waals surface area contributed by atoms with Gasteiger partial charge >= 0.3 is 0 Å². The molecule has 0 fully saturated rings. The summed E-state index contributed by atoms with van der Waals surface area (Å²) in [6.45, 7) is 0.433. The molecular weight excluding hydrogens is 283 g/mol. The number of rotatable bonds is 5. The summed E-state index contributed by atoms with van der Waals surface area (Å²) in [5.74, 6) is 1.48. The van der Waals surface area contributed by atoms with Crippen LogP contribution in [0.15, 0.2) is 42.5 Å². The van der Waals surface area contributed by atoms with Crippen LogP contribution >= 0.6 is 23.2 Å². The van der Waals surface area contributed by atoms with E-state index in [1.54, 1.807) is 7.11 Å². The smallest absolute Gasteiger partial charge is 0.180 e. The van der Waals surface area contributed by atoms with Crippen molar-refractivity contribution in [1.29, 1.82) is 0 Å². The van der Waals surface area contributed by atoms with Crippen LogP contribution in [0.1, 0.15) is 11.1 Å². The molecule has 0 unspecified atom stereocenters. The maximum atomic E-state index is 6.27. The Kier molecular flexibility index (Phi) is 4.94. The fraction of sp³-hybridized carbons (Fsp3) is 0.200. The first-order valence-electron chi connectivity index (χ1n) is 5.84. The number of benzene rings is 2. The average Bonchev–Trinajstić information content (AvgIpc) is 2.46. The van der Waals surface area contributed by atoms with Gasteiger partial charge in [0, 0.05) is 5.88 Å². The molecule has 0 atom stereocenters. The van der Waals surface area contributed by atoms with Gasteiger partial charge in [0.15, 0.2) is 11.5 Å². The maximum Gasteiger partial charge on any atom is 0.180 e. The number of halogens is 2. The summed E-state index contributed by atoms with van der Waals surface area (Å²) in [4.78, 5) is 0. The van der Waals surface area contributed by atoms with Crippen molar-refractivity contribution < 1.29 is 9.47 Å². The lowest BCUT2D eigenvalue weighted by molar-refractivity contribution is 0.284. The third-order valence-corrected chi connectivity index (χ3v) is 3.43. The first-order chi connectivity index (χ1) is 9.26. The van der Waals surface area contributed by atoms with E-state index in [2.05, 4.69) is 0 Å². The van der Waals surface area contributed by atoms with E-state index in [1.807, 2.05) is 42.5 Å². The standard InChI is InChI=1S/C15H14Cl2O2/c1-18-13-8-7-12(9-16)14(17)15(13)19-10-11-5-3-2-4-6-11/h2-8H,9-10H2,1H3. The Labute approximate surface area is 122 Å². The number of methoxy groups -OCH3 is 1. The fourth-order valence-corrected chi connectivity index (χ4v) is 2.28. The summed E-state index contributed by atoms with van der Waals surface area (Å²) in [7, 11) is 1.58. The van der Waals surface area contributed by atoms with E-state index in [1.165, 1.54) is 0 Å². The molecule has 0 heterocycles. The van der Waals surface area contributed by atoms with E-state index in [0.29, 0.717) is 29.0 Å². The average molecular weight is 297 g/mol. The van der Waals surface area contributed by atoms with Crippen molar-refractivity contribution in [3.63, 3.8) is 0 Å². The van der Waals surface area contributed by atoms with Crippen LogP contribution in [0.3, 0.4) is 0 Å². The third-order valence-electron chi connectivity index (χ3n) is 2.73. The predicted molar refractivity (Wildman–Crippen MR) is 78.3 cm³/mol. The minimum Gasteiger partial charge on any atom is -0.493 e. The molecule has 2 nitrogen and oxygen atoms in total. The normalized spacial score (nSPS) is 10.3. The second-order valence-electron chi connectivity index (χ2n) is 3.98. The molecule has 2 rings (SSSR count). The summed E-state index contributed by atoms with van der Waals surface area (Å²) in [6, 6.07) is 13.5. The topological polar surface area (TPSA) is 18.5 Å². The van der Waals surface area contributed by atoms with E-state index < -0.39 is 0 Å². The van der Waals surface area contributed by atoms with Crippen molar-refractivity contribution >= 4 is 23.2 Å².